The van der Waals surface area contributed by atoms with Gasteiger partial charge in [0, 0.05) is 16.3 Å². The van der Waals surface area contributed by atoms with Crippen LogP contribution < -0.4 is 25.0 Å². The lowest BCUT2D eigenvalue weighted by Gasteiger charge is -2.12. The molecule has 0 bridgehead atoms. The van der Waals surface area contributed by atoms with E-state index in [2.05, 4.69) is 22.4 Å². The van der Waals surface area contributed by atoms with Crippen LogP contribution in [0.5, 0.6) is 17.2 Å². The number of rotatable bonds is 12. The van der Waals surface area contributed by atoms with Gasteiger partial charge in [-0.05, 0) is 79.6 Å². The summed E-state index contributed by atoms with van der Waals surface area (Å²) in [6.07, 6.45) is 3.13. The molecule has 9 heteroatoms. The molecule has 0 unspecified atom stereocenters. The molecule has 0 saturated heterocycles. The van der Waals surface area contributed by atoms with Crippen LogP contribution in [0.25, 0.3) is 0 Å². The first-order valence-electron chi connectivity index (χ1n) is 11.5. The van der Waals surface area contributed by atoms with Gasteiger partial charge in [-0.2, -0.15) is 5.10 Å². The minimum absolute atomic E-state index is 0.157. The molecule has 2 N–H and O–H groups in total. The molecule has 0 atom stereocenters. The second kappa shape index (κ2) is 13.7. The van der Waals surface area contributed by atoms with Gasteiger partial charge in [-0.1, -0.05) is 30.3 Å². The van der Waals surface area contributed by atoms with E-state index >= 15 is 0 Å². The van der Waals surface area contributed by atoms with Gasteiger partial charge in [0.2, 0.25) is 0 Å². The number of carbonyl (C=O) groups excluding carboxylic acids is 2. The van der Waals surface area contributed by atoms with Crippen molar-refractivity contribution in [3.05, 3.63) is 95.0 Å². The van der Waals surface area contributed by atoms with Gasteiger partial charge in [0.15, 0.2) is 18.1 Å². The topological polar surface area (TPSA) is 98.3 Å². The highest BCUT2D eigenvalue weighted by Crippen LogP contribution is 2.28. The minimum Gasteiger partial charge on any atom is -0.490 e. The number of hydrogen-bond donors (Lipinski definition) is 2. The molecule has 0 radical (unpaired) electrons. The third-order valence-corrected chi connectivity index (χ3v) is 5.35. The maximum atomic E-state index is 12.5. The molecule has 3 aromatic carbocycles. The van der Waals surface area contributed by atoms with Crippen LogP contribution in [-0.2, 0) is 4.79 Å². The third kappa shape index (κ3) is 8.40. The summed E-state index contributed by atoms with van der Waals surface area (Å²) in [4.78, 5) is 24.6. The zero-order valence-corrected chi connectivity index (χ0v) is 21.4. The van der Waals surface area contributed by atoms with Gasteiger partial charge in [0.25, 0.3) is 11.8 Å². The van der Waals surface area contributed by atoms with E-state index < -0.39 is 5.91 Å². The highest BCUT2D eigenvalue weighted by molar-refractivity contribution is 6.31. The van der Waals surface area contributed by atoms with Crippen molar-refractivity contribution < 1.29 is 23.8 Å². The van der Waals surface area contributed by atoms with Crippen molar-refractivity contribution in [3.63, 3.8) is 0 Å². The van der Waals surface area contributed by atoms with Crippen LogP contribution >= 0.6 is 11.6 Å². The predicted octanol–water partition coefficient (Wildman–Crippen LogP) is 5.39. The van der Waals surface area contributed by atoms with Gasteiger partial charge in [-0.25, -0.2) is 5.43 Å². The lowest BCUT2D eigenvalue weighted by Crippen LogP contribution is -2.20. The first-order chi connectivity index (χ1) is 17.9. The molecule has 0 heterocycles. The van der Waals surface area contributed by atoms with Crippen LogP contribution in [0.3, 0.4) is 0 Å². The number of nitrogens with one attached hydrogen (secondary N) is 2. The summed E-state index contributed by atoms with van der Waals surface area (Å²) >= 11 is 6.08. The molecular formula is C28H28ClN3O5. The molecular weight excluding hydrogens is 494 g/mol. The number of nitrogens with zero attached hydrogens (tertiary/aromatic N) is 1. The number of aryl methyl sites for hydroxylation is 1. The van der Waals surface area contributed by atoms with Crippen molar-refractivity contribution in [2.75, 3.05) is 25.1 Å². The zero-order chi connectivity index (χ0) is 26.6. The smallest absolute Gasteiger partial charge is 0.271 e. The summed E-state index contributed by atoms with van der Waals surface area (Å²) in [5.41, 5.74) is 5.13. The fraction of sp³-hybridized carbons (Fsp3) is 0.179. The molecule has 0 aliphatic rings. The van der Waals surface area contributed by atoms with E-state index in [9.17, 15) is 9.59 Å². The van der Waals surface area contributed by atoms with E-state index in [0.29, 0.717) is 46.7 Å². The fourth-order valence-electron chi connectivity index (χ4n) is 3.08. The quantitative estimate of drug-likeness (QED) is 0.189. The Kier molecular flexibility index (Phi) is 10.1. The Morgan fingerprint density at radius 1 is 1.00 bits per heavy atom. The standard InChI is InChI=1S/C28H28ClN3O5/c1-4-14-36-25-13-9-21(15-26(25)35-5-2)28(34)32-30-17-20-7-11-23(12-8-20)37-18-27(33)31-22-10-6-19(3)24(29)16-22/h4,6-13,15-17H,1,5,14,18H2,2-3H3,(H,31,33)(H,32,34)/b30-17+. The Balaban J connectivity index is 1.50. The van der Waals surface area contributed by atoms with E-state index in [1.807, 2.05) is 19.9 Å². The first-order valence-corrected chi connectivity index (χ1v) is 11.9. The monoisotopic (exact) mass is 521 g/mol. The lowest BCUT2D eigenvalue weighted by molar-refractivity contribution is -0.118. The van der Waals surface area contributed by atoms with Crippen molar-refractivity contribution in [2.24, 2.45) is 5.10 Å². The number of anilines is 1. The second-order valence-electron chi connectivity index (χ2n) is 7.76. The molecule has 0 aromatic heterocycles. The predicted molar refractivity (Wildman–Crippen MR) is 145 cm³/mol. The third-order valence-electron chi connectivity index (χ3n) is 4.95. The highest BCUT2D eigenvalue weighted by Gasteiger charge is 2.11. The summed E-state index contributed by atoms with van der Waals surface area (Å²) in [6.45, 7) is 7.96. The van der Waals surface area contributed by atoms with Crippen molar-refractivity contribution in [1.29, 1.82) is 0 Å². The summed E-state index contributed by atoms with van der Waals surface area (Å²) < 4.78 is 16.6. The summed E-state index contributed by atoms with van der Waals surface area (Å²) in [5, 5.41) is 7.32. The van der Waals surface area contributed by atoms with Crippen LogP contribution in [0.15, 0.2) is 78.4 Å². The van der Waals surface area contributed by atoms with E-state index in [1.165, 1.54) is 6.21 Å². The van der Waals surface area contributed by atoms with Gasteiger partial charge in [0.05, 0.1) is 12.8 Å². The Hall–Kier alpha value is -4.30. The van der Waals surface area contributed by atoms with Crippen LogP contribution in [-0.4, -0.2) is 37.8 Å². The van der Waals surface area contributed by atoms with Gasteiger partial charge < -0.3 is 19.5 Å². The minimum atomic E-state index is -0.395. The van der Waals surface area contributed by atoms with Crippen molar-refractivity contribution in [2.45, 2.75) is 13.8 Å². The number of carbonyl (C=O) groups is 2. The normalized spacial score (nSPS) is 10.6. The van der Waals surface area contributed by atoms with E-state index in [1.54, 1.807) is 60.7 Å². The molecule has 37 heavy (non-hydrogen) atoms. The Labute approximate surface area is 220 Å². The Morgan fingerprint density at radius 2 is 1.78 bits per heavy atom. The van der Waals surface area contributed by atoms with Gasteiger partial charge >= 0.3 is 0 Å². The van der Waals surface area contributed by atoms with E-state index in [4.69, 9.17) is 25.8 Å². The van der Waals surface area contributed by atoms with Crippen molar-refractivity contribution in [1.82, 2.24) is 5.43 Å². The summed E-state index contributed by atoms with van der Waals surface area (Å²) in [6, 6.07) is 17.1. The Morgan fingerprint density at radius 3 is 2.49 bits per heavy atom. The molecule has 0 saturated carbocycles. The number of hydrogen-bond acceptors (Lipinski definition) is 6. The first kappa shape index (κ1) is 27.3. The molecule has 0 aliphatic carbocycles. The largest absolute Gasteiger partial charge is 0.490 e. The van der Waals surface area contributed by atoms with Gasteiger partial charge in [-0.3, -0.25) is 9.59 Å². The fourth-order valence-corrected chi connectivity index (χ4v) is 3.26. The van der Waals surface area contributed by atoms with Gasteiger partial charge in [0.1, 0.15) is 12.4 Å². The maximum absolute atomic E-state index is 12.5. The molecule has 3 rings (SSSR count). The number of halogens is 1. The average molecular weight is 522 g/mol. The van der Waals surface area contributed by atoms with Gasteiger partial charge in [-0.15, -0.1) is 0 Å². The van der Waals surface area contributed by atoms with Crippen molar-refractivity contribution in [3.8, 4) is 17.2 Å². The van der Waals surface area contributed by atoms with Crippen LogP contribution in [0, 0.1) is 6.92 Å². The summed E-state index contributed by atoms with van der Waals surface area (Å²) in [7, 11) is 0. The molecule has 3 aromatic rings. The number of benzene rings is 3. The SMILES string of the molecule is C=CCOc1ccc(C(=O)N/N=C/c2ccc(OCC(=O)Nc3ccc(C)c(Cl)c3)cc2)cc1OCC. The summed E-state index contributed by atoms with van der Waals surface area (Å²) in [5.74, 6) is 0.809. The van der Waals surface area contributed by atoms with Crippen molar-refractivity contribution >= 4 is 35.3 Å². The van der Waals surface area contributed by atoms with E-state index in [0.717, 1.165) is 11.1 Å². The molecule has 192 valence electrons. The zero-order valence-electron chi connectivity index (χ0n) is 20.6. The van der Waals surface area contributed by atoms with Crippen LogP contribution in [0.1, 0.15) is 28.4 Å². The maximum Gasteiger partial charge on any atom is 0.271 e. The number of ether oxygens (including phenoxy) is 3. The molecule has 8 nitrogen and oxygen atoms in total. The van der Waals surface area contributed by atoms with Crippen LogP contribution in [0.4, 0.5) is 5.69 Å². The molecule has 2 amide bonds. The molecule has 0 fully saturated rings. The number of hydrazone groups is 1. The van der Waals surface area contributed by atoms with E-state index in [-0.39, 0.29) is 12.5 Å². The second-order valence-corrected chi connectivity index (χ2v) is 8.17. The lowest BCUT2D eigenvalue weighted by atomic mass is 10.2. The van der Waals surface area contributed by atoms with Crippen LogP contribution in [0.2, 0.25) is 5.02 Å². The Bertz CT molecular complexity index is 1280. The number of amides is 2. The average Bonchev–Trinajstić information content (AvgIpc) is 2.89. The molecule has 0 aliphatic heterocycles. The highest BCUT2D eigenvalue weighted by atomic mass is 35.5. The molecule has 0 spiro atoms.